The number of halogens is 2. The van der Waals surface area contributed by atoms with Crippen LogP contribution in [0.1, 0.15) is 30.1 Å². The molecule has 104 valence electrons. The monoisotopic (exact) mass is 331 g/mol. The van der Waals surface area contributed by atoms with Gasteiger partial charge in [-0.05, 0) is 47.5 Å². The highest BCUT2D eigenvalue weighted by molar-refractivity contribution is 9.10. The molecule has 1 N–H and O–H groups in total. The largest absolute Gasteiger partial charge is 0.466 e. The summed E-state index contributed by atoms with van der Waals surface area (Å²) < 4.78 is 18.0. The van der Waals surface area contributed by atoms with Gasteiger partial charge >= 0.3 is 5.97 Å². The summed E-state index contributed by atoms with van der Waals surface area (Å²) in [5.41, 5.74) is 0.365. The normalized spacial score (nSPS) is 10.1. The lowest BCUT2D eigenvalue weighted by Crippen LogP contribution is -2.25. The molecule has 6 heteroatoms. The molecule has 19 heavy (non-hydrogen) atoms. The minimum Gasteiger partial charge on any atom is -0.466 e. The molecule has 4 nitrogen and oxygen atoms in total. The van der Waals surface area contributed by atoms with E-state index in [1.54, 1.807) is 6.92 Å². The molecule has 1 aromatic rings. The summed E-state index contributed by atoms with van der Waals surface area (Å²) in [5, 5.41) is 2.65. The Labute approximate surface area is 119 Å². The first-order valence-corrected chi connectivity index (χ1v) is 6.72. The van der Waals surface area contributed by atoms with Crippen molar-refractivity contribution in [1.29, 1.82) is 0 Å². The number of benzene rings is 1. The molecule has 0 bridgehead atoms. The molecule has 0 radical (unpaired) electrons. The Bertz CT molecular complexity index is 465. The van der Waals surface area contributed by atoms with Crippen LogP contribution in [0, 0.1) is 5.82 Å². The number of amides is 1. The zero-order valence-corrected chi connectivity index (χ0v) is 12.1. The SMILES string of the molecule is CCOC(=O)CCCNC(=O)c1ccc(F)c(Br)c1. The van der Waals surface area contributed by atoms with Crippen LogP contribution in [0.15, 0.2) is 22.7 Å². The standard InChI is InChI=1S/C13H15BrFNO3/c1-2-19-12(17)4-3-7-16-13(18)9-5-6-11(15)10(14)8-9/h5-6,8H,2-4,7H2,1H3,(H,16,18). The summed E-state index contributed by atoms with van der Waals surface area (Å²) in [6.07, 6.45) is 0.772. The molecule has 0 saturated heterocycles. The van der Waals surface area contributed by atoms with E-state index < -0.39 is 5.82 Å². The van der Waals surface area contributed by atoms with Crippen molar-refractivity contribution in [3.8, 4) is 0 Å². The Morgan fingerprint density at radius 2 is 2.16 bits per heavy atom. The molecule has 0 heterocycles. The number of carbonyl (C=O) groups is 2. The summed E-state index contributed by atoms with van der Waals surface area (Å²) in [7, 11) is 0. The van der Waals surface area contributed by atoms with Crippen LogP contribution in [-0.4, -0.2) is 25.0 Å². The van der Waals surface area contributed by atoms with Crippen molar-refractivity contribution in [2.45, 2.75) is 19.8 Å². The van der Waals surface area contributed by atoms with Gasteiger partial charge in [-0.3, -0.25) is 9.59 Å². The first kappa shape index (κ1) is 15.6. The molecule has 0 saturated carbocycles. The van der Waals surface area contributed by atoms with E-state index in [9.17, 15) is 14.0 Å². The summed E-state index contributed by atoms with van der Waals surface area (Å²) in [4.78, 5) is 22.8. The van der Waals surface area contributed by atoms with E-state index in [0.29, 0.717) is 25.1 Å². The Balaban J connectivity index is 2.35. The lowest BCUT2D eigenvalue weighted by Gasteiger charge is -2.06. The van der Waals surface area contributed by atoms with Gasteiger partial charge in [0.25, 0.3) is 5.91 Å². The van der Waals surface area contributed by atoms with E-state index in [0.717, 1.165) is 0 Å². The zero-order valence-electron chi connectivity index (χ0n) is 10.5. The van der Waals surface area contributed by atoms with Crippen molar-refractivity contribution in [2.24, 2.45) is 0 Å². The first-order valence-electron chi connectivity index (χ1n) is 5.93. The van der Waals surface area contributed by atoms with Gasteiger partial charge in [-0.15, -0.1) is 0 Å². The van der Waals surface area contributed by atoms with Crippen LogP contribution in [0.5, 0.6) is 0 Å². The number of rotatable bonds is 6. The van der Waals surface area contributed by atoms with Crippen molar-refractivity contribution < 1.29 is 18.7 Å². The third-order valence-corrected chi connectivity index (χ3v) is 2.94. The molecule has 1 rings (SSSR count). The average Bonchev–Trinajstić information content (AvgIpc) is 2.38. The highest BCUT2D eigenvalue weighted by Crippen LogP contribution is 2.16. The lowest BCUT2D eigenvalue weighted by atomic mass is 10.2. The molecule has 1 amide bonds. The highest BCUT2D eigenvalue weighted by Gasteiger charge is 2.08. The smallest absolute Gasteiger partial charge is 0.305 e. The molecule has 0 fully saturated rings. The summed E-state index contributed by atoms with van der Waals surface area (Å²) in [6.45, 7) is 2.47. The van der Waals surface area contributed by atoms with Crippen molar-refractivity contribution in [1.82, 2.24) is 5.32 Å². The molecule has 0 unspecified atom stereocenters. The van der Waals surface area contributed by atoms with Gasteiger partial charge in [-0.25, -0.2) is 4.39 Å². The Morgan fingerprint density at radius 1 is 1.42 bits per heavy atom. The number of esters is 1. The summed E-state index contributed by atoms with van der Waals surface area (Å²) in [6, 6.07) is 4.04. The van der Waals surface area contributed by atoms with Gasteiger partial charge in [0.05, 0.1) is 11.1 Å². The quantitative estimate of drug-likeness (QED) is 0.644. The fourth-order valence-corrected chi connectivity index (χ4v) is 1.79. The van der Waals surface area contributed by atoms with E-state index in [1.165, 1.54) is 18.2 Å². The number of ether oxygens (including phenoxy) is 1. The van der Waals surface area contributed by atoms with Crippen molar-refractivity contribution in [3.05, 3.63) is 34.1 Å². The van der Waals surface area contributed by atoms with E-state index >= 15 is 0 Å². The minimum atomic E-state index is -0.418. The predicted molar refractivity (Wildman–Crippen MR) is 72.3 cm³/mol. The third-order valence-electron chi connectivity index (χ3n) is 2.33. The Hall–Kier alpha value is -1.43. The molecular weight excluding hydrogens is 317 g/mol. The van der Waals surface area contributed by atoms with Crippen molar-refractivity contribution in [3.63, 3.8) is 0 Å². The second kappa shape index (κ2) is 7.89. The van der Waals surface area contributed by atoms with Crippen LogP contribution in [0.3, 0.4) is 0 Å². The van der Waals surface area contributed by atoms with Gasteiger partial charge in [0.15, 0.2) is 0 Å². The first-order chi connectivity index (χ1) is 9.04. The lowest BCUT2D eigenvalue weighted by molar-refractivity contribution is -0.143. The van der Waals surface area contributed by atoms with Gasteiger partial charge in [0.1, 0.15) is 5.82 Å². The summed E-state index contributed by atoms with van der Waals surface area (Å²) >= 11 is 3.02. The molecule has 0 atom stereocenters. The highest BCUT2D eigenvalue weighted by atomic mass is 79.9. The molecule has 0 aromatic heterocycles. The maximum Gasteiger partial charge on any atom is 0.305 e. The van der Waals surface area contributed by atoms with Gasteiger partial charge in [0, 0.05) is 18.5 Å². The maximum atomic E-state index is 13.0. The van der Waals surface area contributed by atoms with Crippen LogP contribution < -0.4 is 5.32 Å². The van der Waals surface area contributed by atoms with Gasteiger partial charge < -0.3 is 10.1 Å². The van der Waals surface area contributed by atoms with E-state index in [2.05, 4.69) is 21.2 Å². The van der Waals surface area contributed by atoms with E-state index in [4.69, 9.17) is 4.74 Å². The number of hydrogen-bond acceptors (Lipinski definition) is 3. The molecule has 0 aliphatic heterocycles. The van der Waals surface area contributed by atoms with Crippen molar-refractivity contribution in [2.75, 3.05) is 13.2 Å². The fraction of sp³-hybridized carbons (Fsp3) is 0.385. The predicted octanol–water partition coefficient (Wildman–Crippen LogP) is 2.66. The Kier molecular flexibility index (Phi) is 6.49. The second-order valence-electron chi connectivity index (χ2n) is 3.79. The average molecular weight is 332 g/mol. The van der Waals surface area contributed by atoms with Gasteiger partial charge in [-0.2, -0.15) is 0 Å². The van der Waals surface area contributed by atoms with E-state index in [-0.39, 0.29) is 22.8 Å². The maximum absolute atomic E-state index is 13.0. The van der Waals surface area contributed by atoms with Gasteiger partial charge in [0.2, 0.25) is 0 Å². The molecule has 0 aliphatic rings. The number of carbonyl (C=O) groups excluding carboxylic acids is 2. The zero-order chi connectivity index (χ0) is 14.3. The van der Waals surface area contributed by atoms with Gasteiger partial charge in [-0.1, -0.05) is 0 Å². The van der Waals surface area contributed by atoms with E-state index in [1.807, 2.05) is 0 Å². The van der Waals surface area contributed by atoms with Crippen LogP contribution >= 0.6 is 15.9 Å². The second-order valence-corrected chi connectivity index (χ2v) is 4.65. The topological polar surface area (TPSA) is 55.4 Å². The van der Waals surface area contributed by atoms with Crippen LogP contribution in [0.25, 0.3) is 0 Å². The number of nitrogens with one attached hydrogen (secondary N) is 1. The third kappa shape index (κ3) is 5.38. The Morgan fingerprint density at radius 3 is 2.79 bits per heavy atom. The van der Waals surface area contributed by atoms with Crippen LogP contribution in [0.2, 0.25) is 0 Å². The molecule has 0 spiro atoms. The summed E-state index contributed by atoms with van der Waals surface area (Å²) in [5.74, 6) is -0.996. The number of hydrogen-bond donors (Lipinski definition) is 1. The van der Waals surface area contributed by atoms with Crippen LogP contribution in [0.4, 0.5) is 4.39 Å². The molecule has 0 aliphatic carbocycles. The van der Waals surface area contributed by atoms with Crippen molar-refractivity contribution >= 4 is 27.8 Å². The van der Waals surface area contributed by atoms with Crippen LogP contribution in [-0.2, 0) is 9.53 Å². The minimum absolute atomic E-state index is 0.242. The molecular formula is C13H15BrFNO3. The molecule has 1 aromatic carbocycles. The fourth-order valence-electron chi connectivity index (χ4n) is 1.41.